The van der Waals surface area contributed by atoms with E-state index < -0.39 is 0 Å². The van der Waals surface area contributed by atoms with Crippen LogP contribution in [0.3, 0.4) is 0 Å². The number of nitrogens with zero attached hydrogens (tertiary/aromatic N) is 5. The molecule has 148 valence electrons. The molecule has 0 spiro atoms. The number of anilines is 3. The highest BCUT2D eigenvalue weighted by atomic mass is 19.1. The fourth-order valence-corrected chi connectivity index (χ4v) is 3.63. The van der Waals surface area contributed by atoms with Crippen LogP contribution in [0.15, 0.2) is 30.3 Å². The number of hydrogen-bond acceptors (Lipinski definition) is 5. The molecule has 1 aromatic heterocycles. The average Bonchev–Trinajstić information content (AvgIpc) is 3.24. The number of rotatable bonds is 3. The standard InChI is InChI=1S/C20H25FN6O/c1-15-14-18(24-19(22-15)26-8-2-3-9-26)25-10-12-27(13-11-25)20(28)23-17-6-4-16(21)5-7-17/h4-7,14H,2-3,8-13H2,1H3,(H,23,28). The van der Waals surface area contributed by atoms with Crippen molar-refractivity contribution in [1.82, 2.24) is 14.9 Å². The molecular formula is C20H25FN6O. The lowest BCUT2D eigenvalue weighted by Gasteiger charge is -2.35. The van der Waals surface area contributed by atoms with Crippen molar-refractivity contribution in [2.24, 2.45) is 0 Å². The second-order valence-corrected chi connectivity index (χ2v) is 7.27. The molecule has 0 saturated carbocycles. The van der Waals surface area contributed by atoms with E-state index >= 15 is 0 Å². The van der Waals surface area contributed by atoms with Crippen molar-refractivity contribution < 1.29 is 9.18 Å². The van der Waals surface area contributed by atoms with Gasteiger partial charge in [0.05, 0.1) is 0 Å². The number of carbonyl (C=O) groups excluding carboxylic acids is 1. The highest BCUT2D eigenvalue weighted by molar-refractivity contribution is 5.89. The number of halogens is 1. The minimum atomic E-state index is -0.319. The molecule has 28 heavy (non-hydrogen) atoms. The molecule has 2 saturated heterocycles. The van der Waals surface area contributed by atoms with Crippen LogP contribution in [0.4, 0.5) is 26.6 Å². The van der Waals surface area contributed by atoms with Crippen molar-refractivity contribution in [2.45, 2.75) is 19.8 Å². The van der Waals surface area contributed by atoms with E-state index in [1.165, 1.54) is 25.0 Å². The summed E-state index contributed by atoms with van der Waals surface area (Å²) in [7, 11) is 0. The lowest BCUT2D eigenvalue weighted by Crippen LogP contribution is -2.50. The Morgan fingerprint density at radius 2 is 1.64 bits per heavy atom. The number of amides is 2. The Bertz CT molecular complexity index is 829. The molecule has 1 aromatic carbocycles. The minimum Gasteiger partial charge on any atom is -0.353 e. The second kappa shape index (κ2) is 8.00. The summed E-state index contributed by atoms with van der Waals surface area (Å²) in [4.78, 5) is 28.0. The van der Waals surface area contributed by atoms with Crippen molar-refractivity contribution in [1.29, 1.82) is 0 Å². The number of piperazine rings is 1. The quantitative estimate of drug-likeness (QED) is 0.882. The van der Waals surface area contributed by atoms with Gasteiger partial charge in [-0.15, -0.1) is 0 Å². The van der Waals surface area contributed by atoms with Crippen LogP contribution in [0, 0.1) is 12.7 Å². The molecule has 0 bridgehead atoms. The van der Waals surface area contributed by atoms with Gasteiger partial charge in [-0.3, -0.25) is 0 Å². The summed E-state index contributed by atoms with van der Waals surface area (Å²) in [6.07, 6.45) is 2.38. The third-order valence-electron chi connectivity index (χ3n) is 5.20. The van der Waals surface area contributed by atoms with Gasteiger partial charge in [-0.1, -0.05) is 0 Å². The molecule has 2 amide bonds. The zero-order valence-electron chi connectivity index (χ0n) is 16.1. The summed E-state index contributed by atoms with van der Waals surface area (Å²) in [5, 5.41) is 2.82. The summed E-state index contributed by atoms with van der Waals surface area (Å²) in [6, 6.07) is 7.64. The van der Waals surface area contributed by atoms with E-state index in [-0.39, 0.29) is 11.8 Å². The van der Waals surface area contributed by atoms with Crippen molar-refractivity contribution >= 4 is 23.5 Å². The van der Waals surface area contributed by atoms with E-state index in [4.69, 9.17) is 4.98 Å². The Balaban J connectivity index is 1.37. The predicted octanol–water partition coefficient (Wildman–Crippen LogP) is 2.88. The van der Waals surface area contributed by atoms with Gasteiger partial charge in [0.2, 0.25) is 5.95 Å². The van der Waals surface area contributed by atoms with E-state index in [1.54, 1.807) is 17.0 Å². The van der Waals surface area contributed by atoms with Crippen LogP contribution in [0.2, 0.25) is 0 Å². The monoisotopic (exact) mass is 384 g/mol. The molecule has 7 nitrogen and oxygen atoms in total. The Hall–Kier alpha value is -2.90. The first-order valence-electron chi connectivity index (χ1n) is 9.75. The fraction of sp³-hybridized carbons (Fsp3) is 0.450. The third kappa shape index (κ3) is 4.16. The summed E-state index contributed by atoms with van der Waals surface area (Å²) in [5.41, 5.74) is 1.55. The van der Waals surface area contributed by atoms with Crippen LogP contribution in [0.1, 0.15) is 18.5 Å². The van der Waals surface area contributed by atoms with Crippen molar-refractivity contribution in [3.63, 3.8) is 0 Å². The maximum Gasteiger partial charge on any atom is 0.321 e. The first-order chi connectivity index (χ1) is 13.6. The van der Waals surface area contributed by atoms with Crippen molar-refractivity contribution in [3.8, 4) is 0 Å². The summed E-state index contributed by atoms with van der Waals surface area (Å²) < 4.78 is 13.0. The first kappa shape index (κ1) is 18.5. The molecule has 2 aromatic rings. The Labute approximate surface area is 164 Å². The molecule has 8 heteroatoms. The zero-order valence-corrected chi connectivity index (χ0v) is 16.1. The molecule has 0 aliphatic carbocycles. The Kier molecular flexibility index (Phi) is 5.27. The fourth-order valence-electron chi connectivity index (χ4n) is 3.63. The number of carbonyl (C=O) groups is 1. The molecule has 2 aliphatic heterocycles. The van der Waals surface area contributed by atoms with Crippen LogP contribution in [-0.4, -0.2) is 60.2 Å². The third-order valence-corrected chi connectivity index (χ3v) is 5.20. The predicted molar refractivity (Wildman–Crippen MR) is 107 cm³/mol. The van der Waals surface area contributed by atoms with E-state index in [0.717, 1.165) is 30.5 Å². The van der Waals surface area contributed by atoms with Gasteiger partial charge in [-0.05, 0) is 44.0 Å². The van der Waals surface area contributed by atoms with Crippen molar-refractivity contribution in [2.75, 3.05) is 54.4 Å². The topological polar surface area (TPSA) is 64.6 Å². The SMILES string of the molecule is Cc1cc(N2CCN(C(=O)Nc3ccc(F)cc3)CC2)nc(N2CCCC2)n1. The Morgan fingerprint density at radius 1 is 0.964 bits per heavy atom. The molecule has 1 N–H and O–H groups in total. The van der Waals surface area contributed by atoms with Crippen molar-refractivity contribution in [3.05, 3.63) is 41.8 Å². The first-order valence-corrected chi connectivity index (χ1v) is 9.75. The van der Waals surface area contributed by atoms with Gasteiger partial charge >= 0.3 is 6.03 Å². The van der Waals surface area contributed by atoms with Gasteiger partial charge in [-0.2, -0.15) is 4.98 Å². The molecule has 2 fully saturated rings. The maximum absolute atomic E-state index is 13.0. The number of benzene rings is 1. The van der Waals surface area contributed by atoms with E-state index in [9.17, 15) is 9.18 Å². The van der Waals surface area contributed by atoms with Crippen LogP contribution in [-0.2, 0) is 0 Å². The molecule has 3 heterocycles. The molecule has 0 atom stereocenters. The largest absolute Gasteiger partial charge is 0.353 e. The van der Waals surface area contributed by atoms with Crippen LogP contribution >= 0.6 is 0 Å². The molecule has 4 rings (SSSR count). The van der Waals surface area contributed by atoms with Crippen LogP contribution in [0.25, 0.3) is 0 Å². The van der Waals surface area contributed by atoms with Crippen LogP contribution < -0.4 is 15.1 Å². The number of hydrogen-bond donors (Lipinski definition) is 1. The number of aromatic nitrogens is 2. The smallest absolute Gasteiger partial charge is 0.321 e. The average molecular weight is 384 g/mol. The zero-order chi connectivity index (χ0) is 19.5. The van der Waals surface area contributed by atoms with Gasteiger partial charge in [0.15, 0.2) is 0 Å². The van der Waals surface area contributed by atoms with Gasteiger partial charge in [0, 0.05) is 56.7 Å². The summed E-state index contributed by atoms with van der Waals surface area (Å²) in [5.74, 6) is 1.41. The highest BCUT2D eigenvalue weighted by Gasteiger charge is 2.23. The minimum absolute atomic E-state index is 0.164. The molecular weight excluding hydrogens is 359 g/mol. The number of nitrogens with one attached hydrogen (secondary N) is 1. The maximum atomic E-state index is 13.0. The summed E-state index contributed by atoms with van der Waals surface area (Å²) >= 11 is 0. The Morgan fingerprint density at radius 3 is 2.32 bits per heavy atom. The highest BCUT2D eigenvalue weighted by Crippen LogP contribution is 2.22. The molecule has 2 aliphatic rings. The van der Waals surface area contributed by atoms with E-state index in [2.05, 4.69) is 20.1 Å². The summed E-state index contributed by atoms with van der Waals surface area (Å²) in [6.45, 7) is 6.67. The van der Waals surface area contributed by atoms with E-state index in [1.807, 2.05) is 13.0 Å². The van der Waals surface area contributed by atoms with Gasteiger partial charge in [-0.25, -0.2) is 14.2 Å². The number of aryl methyl sites for hydroxylation is 1. The molecule has 0 radical (unpaired) electrons. The van der Waals surface area contributed by atoms with E-state index in [0.29, 0.717) is 31.9 Å². The van der Waals surface area contributed by atoms with Gasteiger partial charge < -0.3 is 20.0 Å². The van der Waals surface area contributed by atoms with Crippen LogP contribution in [0.5, 0.6) is 0 Å². The lowest BCUT2D eigenvalue weighted by atomic mass is 10.3. The van der Waals surface area contributed by atoms with Gasteiger partial charge in [0.25, 0.3) is 0 Å². The second-order valence-electron chi connectivity index (χ2n) is 7.27. The van der Waals surface area contributed by atoms with Gasteiger partial charge in [0.1, 0.15) is 11.6 Å². The lowest BCUT2D eigenvalue weighted by molar-refractivity contribution is 0.208. The normalized spacial score (nSPS) is 17.1. The number of urea groups is 1. The molecule has 0 unspecified atom stereocenters.